The Labute approximate surface area is 108 Å². The number of anilines is 1. The summed E-state index contributed by atoms with van der Waals surface area (Å²) >= 11 is 0. The van der Waals surface area contributed by atoms with Crippen LogP contribution in [0.4, 0.5) is 5.95 Å². The molecule has 0 radical (unpaired) electrons. The van der Waals surface area contributed by atoms with Gasteiger partial charge in [-0.05, 0) is 25.3 Å². The van der Waals surface area contributed by atoms with Crippen LogP contribution in [0.15, 0.2) is 12.4 Å². The van der Waals surface area contributed by atoms with Crippen molar-refractivity contribution in [1.82, 2.24) is 14.9 Å². The molecule has 0 spiro atoms. The van der Waals surface area contributed by atoms with Gasteiger partial charge in [-0.25, -0.2) is 9.97 Å². The van der Waals surface area contributed by atoms with E-state index in [9.17, 15) is 4.79 Å². The number of nitrogens with zero attached hydrogens (tertiary/aromatic N) is 4. The van der Waals surface area contributed by atoms with Crippen LogP contribution in [0.5, 0.6) is 0 Å². The Kier molecular flexibility index (Phi) is 3.79. The molecular weight excluding hydrogens is 228 g/mol. The second kappa shape index (κ2) is 5.33. The second-order valence-corrected chi connectivity index (χ2v) is 4.91. The van der Waals surface area contributed by atoms with Gasteiger partial charge in [0.1, 0.15) is 0 Å². The van der Waals surface area contributed by atoms with Crippen molar-refractivity contribution < 1.29 is 4.79 Å². The Morgan fingerprint density at radius 1 is 1.33 bits per heavy atom. The van der Waals surface area contributed by atoms with Gasteiger partial charge in [-0.2, -0.15) is 0 Å². The normalized spacial score (nSPS) is 16.7. The molecule has 0 unspecified atom stereocenters. The van der Waals surface area contributed by atoms with Crippen LogP contribution in [0.3, 0.4) is 0 Å². The van der Waals surface area contributed by atoms with Crippen molar-refractivity contribution in [2.24, 2.45) is 0 Å². The molecule has 1 amide bonds. The van der Waals surface area contributed by atoms with Gasteiger partial charge in [0.25, 0.3) is 0 Å². The number of carbonyl (C=O) groups is 1. The largest absolute Gasteiger partial charge is 0.343 e. The first-order valence-electron chi connectivity index (χ1n) is 6.35. The summed E-state index contributed by atoms with van der Waals surface area (Å²) in [5.41, 5.74) is 1.07. The summed E-state index contributed by atoms with van der Waals surface area (Å²) in [4.78, 5) is 24.0. The monoisotopic (exact) mass is 248 g/mol. The molecule has 1 aliphatic rings. The van der Waals surface area contributed by atoms with Crippen LogP contribution in [-0.4, -0.2) is 47.0 Å². The van der Waals surface area contributed by atoms with Crippen molar-refractivity contribution in [3.05, 3.63) is 18.0 Å². The predicted molar refractivity (Wildman–Crippen MR) is 70.4 cm³/mol. The van der Waals surface area contributed by atoms with E-state index in [0.717, 1.165) is 37.4 Å². The molecule has 5 heteroatoms. The van der Waals surface area contributed by atoms with Crippen molar-refractivity contribution in [3.8, 4) is 0 Å². The molecule has 1 aromatic rings. The smallest absolute Gasteiger partial charge is 0.225 e. The van der Waals surface area contributed by atoms with Gasteiger partial charge in [-0.1, -0.05) is 0 Å². The molecule has 0 aromatic carbocycles. The van der Waals surface area contributed by atoms with Gasteiger partial charge in [0.2, 0.25) is 11.9 Å². The first-order chi connectivity index (χ1) is 8.58. The maximum atomic E-state index is 11.3. The molecule has 1 saturated heterocycles. The quantitative estimate of drug-likeness (QED) is 0.790. The van der Waals surface area contributed by atoms with E-state index in [1.165, 1.54) is 0 Å². The lowest BCUT2D eigenvalue weighted by molar-refractivity contribution is -0.129. The minimum Gasteiger partial charge on any atom is -0.343 e. The van der Waals surface area contributed by atoms with Gasteiger partial charge in [-0.15, -0.1) is 0 Å². The molecule has 0 saturated carbocycles. The third kappa shape index (κ3) is 2.78. The van der Waals surface area contributed by atoms with E-state index < -0.39 is 0 Å². The maximum absolute atomic E-state index is 11.3. The van der Waals surface area contributed by atoms with Gasteiger partial charge in [-0.3, -0.25) is 4.79 Å². The number of hydrogen-bond acceptors (Lipinski definition) is 4. The lowest BCUT2D eigenvalue weighted by atomic mass is 10.0. The van der Waals surface area contributed by atoms with Crippen LogP contribution in [0.1, 0.15) is 25.3 Å². The molecule has 1 fully saturated rings. The minimum absolute atomic E-state index is 0.139. The standard InChI is InChI=1S/C13H20N4O/c1-10-8-14-13(15-9-10)17-6-4-12(5-7-17)16(3)11(2)18/h8-9,12H,4-7H2,1-3H3. The van der Waals surface area contributed by atoms with Crippen molar-refractivity contribution in [3.63, 3.8) is 0 Å². The van der Waals surface area contributed by atoms with Crippen molar-refractivity contribution in [1.29, 1.82) is 0 Å². The van der Waals surface area contributed by atoms with E-state index in [1.807, 2.05) is 31.3 Å². The lowest BCUT2D eigenvalue weighted by Crippen LogP contribution is -2.45. The fourth-order valence-corrected chi connectivity index (χ4v) is 2.26. The topological polar surface area (TPSA) is 49.3 Å². The number of amides is 1. The first-order valence-corrected chi connectivity index (χ1v) is 6.35. The summed E-state index contributed by atoms with van der Waals surface area (Å²) in [6.45, 7) is 5.42. The van der Waals surface area contributed by atoms with Crippen LogP contribution in [-0.2, 0) is 4.79 Å². The highest BCUT2D eigenvalue weighted by Gasteiger charge is 2.24. The fourth-order valence-electron chi connectivity index (χ4n) is 2.26. The molecule has 98 valence electrons. The molecule has 0 aliphatic carbocycles. The van der Waals surface area contributed by atoms with Crippen molar-refractivity contribution in [2.45, 2.75) is 32.7 Å². The highest BCUT2D eigenvalue weighted by Crippen LogP contribution is 2.18. The molecule has 18 heavy (non-hydrogen) atoms. The van der Waals surface area contributed by atoms with Gasteiger partial charge >= 0.3 is 0 Å². The Balaban J connectivity index is 1.94. The van der Waals surface area contributed by atoms with Crippen LogP contribution >= 0.6 is 0 Å². The number of aryl methyl sites for hydroxylation is 1. The van der Waals surface area contributed by atoms with Gasteiger partial charge < -0.3 is 9.80 Å². The Morgan fingerprint density at radius 3 is 2.39 bits per heavy atom. The summed E-state index contributed by atoms with van der Waals surface area (Å²) < 4.78 is 0. The molecular formula is C13H20N4O. The molecule has 0 atom stereocenters. The van der Waals surface area contributed by atoms with Crippen LogP contribution in [0.2, 0.25) is 0 Å². The van der Waals surface area contributed by atoms with E-state index in [2.05, 4.69) is 14.9 Å². The Morgan fingerprint density at radius 2 is 1.89 bits per heavy atom. The molecule has 2 heterocycles. The highest BCUT2D eigenvalue weighted by molar-refractivity contribution is 5.73. The van der Waals surface area contributed by atoms with Crippen LogP contribution < -0.4 is 4.90 Å². The van der Waals surface area contributed by atoms with E-state index >= 15 is 0 Å². The van der Waals surface area contributed by atoms with E-state index in [4.69, 9.17) is 0 Å². The third-order valence-corrected chi connectivity index (χ3v) is 3.56. The third-order valence-electron chi connectivity index (χ3n) is 3.56. The number of carbonyl (C=O) groups excluding carboxylic acids is 1. The van der Waals surface area contributed by atoms with Crippen LogP contribution in [0.25, 0.3) is 0 Å². The zero-order valence-electron chi connectivity index (χ0n) is 11.3. The summed E-state index contributed by atoms with van der Waals surface area (Å²) in [5.74, 6) is 0.935. The van der Waals surface area contributed by atoms with Gasteiger partial charge in [0.05, 0.1) is 0 Å². The minimum atomic E-state index is 0.139. The Hall–Kier alpha value is -1.65. The summed E-state index contributed by atoms with van der Waals surface area (Å²) in [7, 11) is 1.88. The molecule has 2 rings (SSSR count). The Bertz CT molecular complexity index is 410. The molecule has 5 nitrogen and oxygen atoms in total. The van der Waals surface area contributed by atoms with Crippen LogP contribution in [0, 0.1) is 6.92 Å². The van der Waals surface area contributed by atoms with Gasteiger partial charge in [0.15, 0.2) is 0 Å². The lowest BCUT2D eigenvalue weighted by Gasteiger charge is -2.36. The first kappa shape index (κ1) is 12.8. The van der Waals surface area contributed by atoms with Gasteiger partial charge in [0, 0.05) is 45.5 Å². The average Bonchev–Trinajstić information content (AvgIpc) is 2.39. The van der Waals surface area contributed by atoms with E-state index in [1.54, 1.807) is 6.92 Å². The molecule has 1 aromatic heterocycles. The number of piperidine rings is 1. The summed E-state index contributed by atoms with van der Waals surface area (Å²) in [6.07, 6.45) is 5.65. The number of hydrogen-bond donors (Lipinski definition) is 0. The highest BCUT2D eigenvalue weighted by atomic mass is 16.2. The SMILES string of the molecule is CC(=O)N(C)C1CCN(c2ncc(C)cn2)CC1. The van der Waals surface area contributed by atoms with Crippen molar-refractivity contribution >= 4 is 11.9 Å². The number of rotatable bonds is 2. The van der Waals surface area contributed by atoms with Crippen molar-refractivity contribution in [2.75, 3.05) is 25.0 Å². The summed E-state index contributed by atoms with van der Waals surface area (Å²) in [5, 5.41) is 0. The average molecular weight is 248 g/mol. The fraction of sp³-hybridized carbons (Fsp3) is 0.615. The van der Waals surface area contributed by atoms with E-state index in [0.29, 0.717) is 6.04 Å². The maximum Gasteiger partial charge on any atom is 0.225 e. The summed E-state index contributed by atoms with van der Waals surface area (Å²) in [6, 6.07) is 0.351. The predicted octanol–water partition coefficient (Wildman–Crippen LogP) is 1.23. The zero-order valence-corrected chi connectivity index (χ0v) is 11.3. The molecule has 1 aliphatic heterocycles. The molecule has 0 N–H and O–H groups in total. The number of aromatic nitrogens is 2. The second-order valence-electron chi connectivity index (χ2n) is 4.91. The zero-order chi connectivity index (χ0) is 13.1. The molecule has 0 bridgehead atoms. The van der Waals surface area contributed by atoms with E-state index in [-0.39, 0.29) is 5.91 Å².